The molecule has 1 heterocycles. The van der Waals surface area contributed by atoms with Crippen LogP contribution in [0.2, 0.25) is 0 Å². The third-order valence-corrected chi connectivity index (χ3v) is 4.12. The number of para-hydroxylation sites is 2. The van der Waals surface area contributed by atoms with E-state index in [1.807, 2.05) is 38.1 Å². The standard InChI is InChI=1S/C23H25N3O4/c1-16(2)30-21-8-4-3-7-20(21)24-15-22(27)26-18-11-9-17(10-12-18)23(28)25-14-19-6-5-13-29-19/h3-13,16,24H,14-15H2,1-2H3,(H,25,28)(H,26,27). The van der Waals surface area contributed by atoms with Gasteiger partial charge in [-0.25, -0.2) is 0 Å². The van der Waals surface area contributed by atoms with Crippen LogP contribution in [0.15, 0.2) is 71.3 Å². The number of ether oxygens (including phenoxy) is 1. The molecule has 0 spiro atoms. The average Bonchev–Trinajstić information content (AvgIpc) is 3.25. The van der Waals surface area contributed by atoms with Gasteiger partial charge in [-0.15, -0.1) is 0 Å². The monoisotopic (exact) mass is 407 g/mol. The Kier molecular flexibility index (Phi) is 7.10. The summed E-state index contributed by atoms with van der Waals surface area (Å²) in [6, 6.07) is 17.7. The minimum absolute atomic E-state index is 0.0385. The summed E-state index contributed by atoms with van der Waals surface area (Å²) in [5, 5.41) is 8.67. The Bertz CT molecular complexity index is 966. The van der Waals surface area contributed by atoms with Crippen molar-refractivity contribution in [2.75, 3.05) is 17.2 Å². The van der Waals surface area contributed by atoms with E-state index in [4.69, 9.17) is 9.15 Å². The molecule has 2 amide bonds. The van der Waals surface area contributed by atoms with Crippen molar-refractivity contribution >= 4 is 23.2 Å². The molecule has 30 heavy (non-hydrogen) atoms. The highest BCUT2D eigenvalue weighted by atomic mass is 16.5. The van der Waals surface area contributed by atoms with Crippen molar-refractivity contribution in [3.8, 4) is 5.75 Å². The molecule has 0 aliphatic heterocycles. The van der Waals surface area contributed by atoms with E-state index in [1.165, 1.54) is 0 Å². The first-order valence-corrected chi connectivity index (χ1v) is 9.71. The number of carbonyl (C=O) groups is 2. The Hall–Kier alpha value is -3.74. The predicted molar refractivity (Wildman–Crippen MR) is 116 cm³/mol. The number of rotatable bonds is 9. The van der Waals surface area contributed by atoms with Crippen LogP contribution in [0.25, 0.3) is 0 Å². The van der Waals surface area contributed by atoms with E-state index >= 15 is 0 Å². The lowest BCUT2D eigenvalue weighted by molar-refractivity contribution is -0.114. The van der Waals surface area contributed by atoms with Gasteiger partial charge in [0.25, 0.3) is 5.91 Å². The highest BCUT2D eigenvalue weighted by Crippen LogP contribution is 2.24. The van der Waals surface area contributed by atoms with Crippen molar-refractivity contribution in [3.05, 3.63) is 78.3 Å². The molecular formula is C23H25N3O4. The molecule has 0 bridgehead atoms. The molecular weight excluding hydrogens is 382 g/mol. The van der Waals surface area contributed by atoms with Gasteiger partial charge in [0.15, 0.2) is 0 Å². The minimum Gasteiger partial charge on any atom is -0.489 e. The fourth-order valence-corrected chi connectivity index (χ4v) is 2.74. The summed E-state index contributed by atoms with van der Waals surface area (Å²) in [6.45, 7) is 4.30. The van der Waals surface area contributed by atoms with Gasteiger partial charge in [0.05, 0.1) is 31.1 Å². The SMILES string of the molecule is CC(C)Oc1ccccc1NCC(=O)Nc1ccc(C(=O)NCc2ccco2)cc1. The normalized spacial score (nSPS) is 10.5. The van der Waals surface area contributed by atoms with E-state index in [0.29, 0.717) is 29.3 Å². The first-order valence-electron chi connectivity index (χ1n) is 9.71. The second kappa shape index (κ2) is 10.2. The molecule has 3 aromatic rings. The number of hydrogen-bond acceptors (Lipinski definition) is 5. The van der Waals surface area contributed by atoms with Crippen LogP contribution in [-0.2, 0) is 11.3 Å². The van der Waals surface area contributed by atoms with Crippen molar-refractivity contribution in [2.24, 2.45) is 0 Å². The van der Waals surface area contributed by atoms with Crippen molar-refractivity contribution in [1.82, 2.24) is 5.32 Å². The van der Waals surface area contributed by atoms with Gasteiger partial charge in [0.2, 0.25) is 5.91 Å². The van der Waals surface area contributed by atoms with Gasteiger partial charge >= 0.3 is 0 Å². The number of furan rings is 1. The van der Waals surface area contributed by atoms with E-state index in [0.717, 1.165) is 5.69 Å². The molecule has 156 valence electrons. The Morgan fingerprint density at radius 2 is 1.77 bits per heavy atom. The molecule has 0 radical (unpaired) electrons. The van der Waals surface area contributed by atoms with Crippen LogP contribution in [0.5, 0.6) is 5.75 Å². The van der Waals surface area contributed by atoms with Crippen LogP contribution < -0.4 is 20.7 Å². The number of carbonyl (C=O) groups excluding carboxylic acids is 2. The number of benzene rings is 2. The molecule has 0 aliphatic rings. The summed E-state index contributed by atoms with van der Waals surface area (Å²) < 4.78 is 10.9. The molecule has 7 heteroatoms. The second-order valence-electron chi connectivity index (χ2n) is 6.90. The maximum Gasteiger partial charge on any atom is 0.251 e. The van der Waals surface area contributed by atoms with E-state index in [1.54, 1.807) is 42.7 Å². The minimum atomic E-state index is -0.215. The van der Waals surface area contributed by atoms with E-state index in [-0.39, 0.29) is 24.5 Å². The zero-order valence-electron chi connectivity index (χ0n) is 17.0. The van der Waals surface area contributed by atoms with Crippen LogP contribution >= 0.6 is 0 Å². The van der Waals surface area contributed by atoms with Crippen LogP contribution in [0, 0.1) is 0 Å². The number of hydrogen-bond donors (Lipinski definition) is 3. The van der Waals surface area contributed by atoms with Gasteiger partial charge in [0, 0.05) is 11.3 Å². The second-order valence-corrected chi connectivity index (χ2v) is 6.90. The fourth-order valence-electron chi connectivity index (χ4n) is 2.74. The number of nitrogens with one attached hydrogen (secondary N) is 3. The molecule has 0 aliphatic carbocycles. The van der Waals surface area contributed by atoms with Gasteiger partial charge < -0.3 is 25.1 Å². The summed E-state index contributed by atoms with van der Waals surface area (Å²) in [5.74, 6) is 0.961. The first-order chi connectivity index (χ1) is 14.5. The molecule has 0 saturated carbocycles. The van der Waals surface area contributed by atoms with Crippen LogP contribution in [0.1, 0.15) is 30.0 Å². The van der Waals surface area contributed by atoms with Crippen molar-refractivity contribution in [1.29, 1.82) is 0 Å². The molecule has 0 unspecified atom stereocenters. The fraction of sp³-hybridized carbons (Fsp3) is 0.217. The average molecular weight is 407 g/mol. The van der Waals surface area contributed by atoms with Crippen LogP contribution in [0.4, 0.5) is 11.4 Å². The van der Waals surface area contributed by atoms with Crippen LogP contribution in [-0.4, -0.2) is 24.5 Å². The highest BCUT2D eigenvalue weighted by molar-refractivity contribution is 5.96. The van der Waals surface area contributed by atoms with Gasteiger partial charge in [0.1, 0.15) is 11.5 Å². The van der Waals surface area contributed by atoms with Gasteiger partial charge in [-0.05, 0) is 62.4 Å². The molecule has 0 atom stereocenters. The van der Waals surface area contributed by atoms with E-state index < -0.39 is 0 Å². The third-order valence-electron chi connectivity index (χ3n) is 4.12. The van der Waals surface area contributed by atoms with Crippen molar-refractivity contribution in [2.45, 2.75) is 26.5 Å². The maximum atomic E-state index is 12.3. The van der Waals surface area contributed by atoms with E-state index in [2.05, 4.69) is 16.0 Å². The number of anilines is 2. The smallest absolute Gasteiger partial charge is 0.251 e. The lowest BCUT2D eigenvalue weighted by atomic mass is 10.2. The Labute approximate surface area is 175 Å². The zero-order valence-corrected chi connectivity index (χ0v) is 17.0. The lowest BCUT2D eigenvalue weighted by Gasteiger charge is -2.15. The Balaban J connectivity index is 1.49. The molecule has 3 rings (SSSR count). The lowest BCUT2D eigenvalue weighted by Crippen LogP contribution is -2.23. The third kappa shape index (κ3) is 6.13. The van der Waals surface area contributed by atoms with Crippen molar-refractivity contribution < 1.29 is 18.7 Å². The molecule has 3 N–H and O–H groups in total. The Morgan fingerprint density at radius 3 is 2.47 bits per heavy atom. The molecule has 7 nitrogen and oxygen atoms in total. The first kappa shape index (κ1) is 21.0. The van der Waals surface area contributed by atoms with Gasteiger partial charge in [-0.2, -0.15) is 0 Å². The summed E-state index contributed by atoms with van der Waals surface area (Å²) >= 11 is 0. The summed E-state index contributed by atoms with van der Waals surface area (Å²) in [5.41, 5.74) is 1.86. The molecule has 2 aromatic carbocycles. The molecule has 1 aromatic heterocycles. The molecule has 0 saturated heterocycles. The topological polar surface area (TPSA) is 92.6 Å². The number of amides is 2. The summed E-state index contributed by atoms with van der Waals surface area (Å²) in [7, 11) is 0. The predicted octanol–water partition coefficient (Wildman–Crippen LogP) is 4.05. The zero-order chi connectivity index (χ0) is 21.3. The van der Waals surface area contributed by atoms with Gasteiger partial charge in [-0.1, -0.05) is 12.1 Å². The van der Waals surface area contributed by atoms with Gasteiger partial charge in [-0.3, -0.25) is 9.59 Å². The Morgan fingerprint density at radius 1 is 1.00 bits per heavy atom. The highest BCUT2D eigenvalue weighted by Gasteiger charge is 2.09. The summed E-state index contributed by atoms with van der Waals surface area (Å²) in [4.78, 5) is 24.4. The van der Waals surface area contributed by atoms with Crippen LogP contribution in [0.3, 0.4) is 0 Å². The largest absolute Gasteiger partial charge is 0.489 e. The summed E-state index contributed by atoms with van der Waals surface area (Å²) in [6.07, 6.45) is 1.60. The van der Waals surface area contributed by atoms with Crippen molar-refractivity contribution in [3.63, 3.8) is 0 Å². The van der Waals surface area contributed by atoms with E-state index in [9.17, 15) is 9.59 Å². The molecule has 0 fully saturated rings. The quantitative estimate of drug-likeness (QED) is 0.498. The maximum absolute atomic E-state index is 12.3.